The summed E-state index contributed by atoms with van der Waals surface area (Å²) in [6.45, 7) is 0. The van der Waals surface area contributed by atoms with Crippen LogP contribution in [0.4, 0.5) is 5.13 Å². The van der Waals surface area contributed by atoms with Gasteiger partial charge in [-0.3, -0.25) is 14.5 Å². The number of anilines is 1. The van der Waals surface area contributed by atoms with Crippen LogP contribution in [-0.2, 0) is 4.79 Å². The van der Waals surface area contributed by atoms with E-state index < -0.39 is 23.5 Å². The number of nitrogens with zero attached hydrogens (tertiary/aromatic N) is 3. The second kappa shape index (κ2) is 7.34. The van der Waals surface area contributed by atoms with Crippen LogP contribution >= 0.6 is 34.3 Å². The largest absolute Gasteiger partial charge is 0.503 e. The van der Waals surface area contributed by atoms with Crippen LogP contribution in [0.25, 0.3) is 0 Å². The van der Waals surface area contributed by atoms with Crippen molar-refractivity contribution in [2.75, 3.05) is 12.0 Å². The summed E-state index contributed by atoms with van der Waals surface area (Å²) in [5.74, 6) is -1.29. The van der Waals surface area contributed by atoms with Gasteiger partial charge in [-0.15, -0.1) is 21.5 Å². The topological polar surface area (TPSA) is 92.6 Å². The third-order valence-corrected chi connectivity index (χ3v) is 6.10. The molecule has 1 unspecified atom stereocenters. The molecule has 1 aromatic carbocycles. The average Bonchev–Trinajstić information content (AvgIpc) is 3.43. The summed E-state index contributed by atoms with van der Waals surface area (Å²) in [7, 11) is 1.49. The van der Waals surface area contributed by atoms with Gasteiger partial charge in [-0.2, -0.15) is 0 Å². The van der Waals surface area contributed by atoms with Gasteiger partial charge in [-0.25, -0.2) is 0 Å². The lowest BCUT2D eigenvalue weighted by molar-refractivity contribution is -0.117. The van der Waals surface area contributed by atoms with E-state index >= 15 is 0 Å². The number of hydrogen-bond donors (Lipinski definition) is 1. The minimum Gasteiger partial charge on any atom is -0.503 e. The Labute approximate surface area is 172 Å². The van der Waals surface area contributed by atoms with Crippen molar-refractivity contribution in [3.05, 3.63) is 68.0 Å². The Balaban J connectivity index is 1.88. The lowest BCUT2D eigenvalue weighted by Gasteiger charge is -2.24. The zero-order chi connectivity index (χ0) is 19.8. The van der Waals surface area contributed by atoms with Gasteiger partial charge in [0.25, 0.3) is 5.91 Å². The number of ketones is 1. The van der Waals surface area contributed by atoms with Gasteiger partial charge in [0.1, 0.15) is 11.3 Å². The van der Waals surface area contributed by atoms with E-state index in [0.29, 0.717) is 21.2 Å². The van der Waals surface area contributed by atoms with Crippen molar-refractivity contribution < 1.29 is 19.4 Å². The fraction of sp³-hybridized carbons (Fsp3) is 0.111. The Bertz CT molecular complexity index is 1080. The third kappa shape index (κ3) is 2.97. The molecule has 1 aliphatic heterocycles. The number of ether oxygens (including phenoxy) is 1. The molecule has 0 radical (unpaired) electrons. The van der Waals surface area contributed by atoms with Crippen LogP contribution in [-0.4, -0.2) is 34.1 Å². The highest BCUT2D eigenvalue weighted by molar-refractivity contribution is 7.13. The maximum atomic E-state index is 13.1. The highest BCUT2D eigenvalue weighted by atomic mass is 35.5. The minimum atomic E-state index is -0.890. The van der Waals surface area contributed by atoms with E-state index in [0.717, 1.165) is 11.3 Å². The number of aliphatic hydroxyl groups excluding tert-OH is 1. The number of carbonyl (C=O) groups is 2. The molecule has 0 spiro atoms. The van der Waals surface area contributed by atoms with Gasteiger partial charge in [0.15, 0.2) is 5.76 Å². The Hall–Kier alpha value is -2.75. The number of halogens is 1. The summed E-state index contributed by atoms with van der Waals surface area (Å²) in [4.78, 5) is 27.6. The van der Waals surface area contributed by atoms with Crippen LogP contribution in [0.1, 0.15) is 21.3 Å². The van der Waals surface area contributed by atoms with Crippen molar-refractivity contribution in [1.82, 2.24) is 10.2 Å². The molecule has 3 heterocycles. The van der Waals surface area contributed by atoms with Crippen molar-refractivity contribution >= 4 is 51.1 Å². The Morgan fingerprint density at radius 1 is 1.32 bits per heavy atom. The van der Waals surface area contributed by atoms with Crippen LogP contribution in [0.3, 0.4) is 0 Å². The number of amides is 1. The SMILES string of the molecule is COc1ccc(C2C(C(=O)c3cccs3)=C(O)C(=O)N2c2nncs2)cc1Cl. The maximum Gasteiger partial charge on any atom is 0.296 e. The highest BCUT2D eigenvalue weighted by Gasteiger charge is 2.46. The van der Waals surface area contributed by atoms with Gasteiger partial charge in [-0.1, -0.05) is 35.1 Å². The molecule has 0 aliphatic carbocycles. The van der Waals surface area contributed by atoms with Crippen molar-refractivity contribution in [2.45, 2.75) is 6.04 Å². The summed E-state index contributed by atoms with van der Waals surface area (Å²) in [6.07, 6.45) is 0. The van der Waals surface area contributed by atoms with Crippen molar-refractivity contribution in [3.63, 3.8) is 0 Å². The number of methoxy groups -OCH3 is 1. The molecule has 0 fully saturated rings. The number of Topliss-reactive ketones (excluding diaryl/α,β-unsaturated/α-hetero) is 1. The van der Waals surface area contributed by atoms with Gasteiger partial charge >= 0.3 is 0 Å². The molecule has 10 heteroatoms. The molecular formula is C18H12ClN3O4S2. The Kier molecular flexibility index (Phi) is 4.88. The quantitative estimate of drug-likeness (QED) is 0.610. The monoisotopic (exact) mass is 433 g/mol. The maximum absolute atomic E-state index is 13.1. The number of aliphatic hydroxyl groups is 1. The molecule has 7 nitrogen and oxygen atoms in total. The number of thiophene rings is 1. The van der Waals surface area contributed by atoms with Crippen LogP contribution in [0.2, 0.25) is 5.02 Å². The summed E-state index contributed by atoms with van der Waals surface area (Å²) in [5, 5.41) is 20.6. The number of carbonyl (C=O) groups excluding carboxylic acids is 2. The summed E-state index contributed by atoms with van der Waals surface area (Å²) in [5.41, 5.74) is 1.98. The molecule has 1 amide bonds. The standard InChI is InChI=1S/C18H12ClN3O4S2/c1-26-11-5-4-9(7-10(11)19)14-13(15(23)12-3-2-6-27-12)16(24)17(25)22(14)18-21-20-8-28-18/h2-8,14,24H,1H3. The van der Waals surface area contributed by atoms with Crippen LogP contribution in [0, 0.1) is 0 Å². The normalized spacial score (nSPS) is 16.7. The van der Waals surface area contributed by atoms with E-state index in [2.05, 4.69) is 10.2 Å². The van der Waals surface area contributed by atoms with Crippen molar-refractivity contribution in [3.8, 4) is 5.75 Å². The summed E-state index contributed by atoms with van der Waals surface area (Å²) < 4.78 is 5.18. The van der Waals surface area contributed by atoms with Crippen LogP contribution in [0.5, 0.6) is 5.75 Å². The highest BCUT2D eigenvalue weighted by Crippen LogP contribution is 2.43. The predicted octanol–water partition coefficient (Wildman–Crippen LogP) is 4.04. The first kappa shape index (κ1) is 18.6. The van der Waals surface area contributed by atoms with E-state index in [-0.39, 0.29) is 10.7 Å². The first-order valence-electron chi connectivity index (χ1n) is 7.97. The summed E-state index contributed by atoms with van der Waals surface area (Å²) >= 11 is 8.62. The van der Waals surface area contributed by atoms with Gasteiger partial charge in [-0.05, 0) is 29.1 Å². The Morgan fingerprint density at radius 2 is 2.14 bits per heavy atom. The predicted molar refractivity (Wildman–Crippen MR) is 106 cm³/mol. The molecule has 3 aromatic rings. The van der Waals surface area contributed by atoms with E-state index in [1.54, 1.807) is 35.7 Å². The van der Waals surface area contributed by atoms with Crippen LogP contribution < -0.4 is 9.64 Å². The van der Waals surface area contributed by atoms with Gasteiger partial charge < -0.3 is 9.84 Å². The number of benzene rings is 1. The molecule has 1 N–H and O–H groups in total. The molecule has 1 atom stereocenters. The third-order valence-electron chi connectivity index (χ3n) is 4.24. The summed E-state index contributed by atoms with van der Waals surface area (Å²) in [6, 6.07) is 7.42. The zero-order valence-electron chi connectivity index (χ0n) is 14.3. The average molecular weight is 434 g/mol. The van der Waals surface area contributed by atoms with Gasteiger partial charge in [0, 0.05) is 0 Å². The second-order valence-electron chi connectivity index (χ2n) is 5.76. The van der Waals surface area contributed by atoms with Gasteiger partial charge in [0.2, 0.25) is 10.9 Å². The molecule has 0 saturated heterocycles. The van der Waals surface area contributed by atoms with Crippen LogP contribution in [0.15, 0.2) is 52.6 Å². The van der Waals surface area contributed by atoms with E-state index in [1.165, 1.54) is 28.9 Å². The molecule has 0 bridgehead atoms. The lowest BCUT2D eigenvalue weighted by Crippen LogP contribution is -2.31. The molecule has 2 aromatic heterocycles. The molecule has 1 aliphatic rings. The lowest BCUT2D eigenvalue weighted by atomic mass is 9.95. The minimum absolute atomic E-state index is 0.0242. The Morgan fingerprint density at radius 3 is 2.75 bits per heavy atom. The van der Waals surface area contributed by atoms with E-state index in [9.17, 15) is 14.7 Å². The number of rotatable bonds is 5. The van der Waals surface area contributed by atoms with Crippen molar-refractivity contribution in [1.29, 1.82) is 0 Å². The fourth-order valence-electron chi connectivity index (χ4n) is 3.02. The first-order chi connectivity index (χ1) is 13.5. The van der Waals surface area contributed by atoms with E-state index in [1.807, 2.05) is 0 Å². The molecular weight excluding hydrogens is 422 g/mol. The van der Waals surface area contributed by atoms with E-state index in [4.69, 9.17) is 16.3 Å². The smallest absolute Gasteiger partial charge is 0.296 e. The molecule has 0 saturated carbocycles. The second-order valence-corrected chi connectivity index (χ2v) is 7.93. The van der Waals surface area contributed by atoms with Gasteiger partial charge in [0.05, 0.1) is 28.6 Å². The van der Waals surface area contributed by atoms with Crippen molar-refractivity contribution in [2.24, 2.45) is 0 Å². The zero-order valence-corrected chi connectivity index (χ0v) is 16.7. The number of hydrogen-bond acceptors (Lipinski definition) is 8. The molecule has 28 heavy (non-hydrogen) atoms. The number of aromatic nitrogens is 2. The first-order valence-corrected chi connectivity index (χ1v) is 10.1. The molecule has 142 valence electrons. The molecule has 4 rings (SSSR count). The fourth-order valence-corrected chi connectivity index (χ4v) is 4.54.